The van der Waals surface area contributed by atoms with Gasteiger partial charge in [0.2, 0.25) is 0 Å². The number of rotatable bonds is 2. The number of ether oxygens (including phenoxy) is 1. The van der Waals surface area contributed by atoms with Crippen LogP contribution in [-0.2, 0) is 4.74 Å². The van der Waals surface area contributed by atoms with Crippen LogP contribution in [0.25, 0.3) is 0 Å². The van der Waals surface area contributed by atoms with Gasteiger partial charge in [0.25, 0.3) is 0 Å². The Hall–Kier alpha value is -1.84. The first kappa shape index (κ1) is 16.2. The molecule has 0 atom stereocenters. The van der Waals surface area contributed by atoms with Gasteiger partial charge in [-0.25, -0.2) is 4.79 Å². The third kappa shape index (κ3) is 8.33. The van der Waals surface area contributed by atoms with Gasteiger partial charge in [-0.05, 0) is 20.8 Å². The molecule has 1 N–H and O–H groups in total. The second-order valence-corrected chi connectivity index (χ2v) is 4.62. The lowest BCUT2D eigenvalue weighted by atomic mass is 10.1. The highest BCUT2D eigenvalue weighted by molar-refractivity contribution is 5.95. The maximum atomic E-state index is 11.0. The van der Waals surface area contributed by atoms with Crippen molar-refractivity contribution in [3.63, 3.8) is 0 Å². The first-order valence-electron chi connectivity index (χ1n) is 5.76. The molecule has 4 heteroatoms. The molecule has 0 radical (unpaired) electrons. The van der Waals surface area contributed by atoms with Gasteiger partial charge in [0, 0.05) is 12.0 Å². The molecule has 0 heterocycles. The number of ketones is 1. The molecular weight excluding hydrogens is 232 g/mol. The van der Waals surface area contributed by atoms with Gasteiger partial charge in [0.1, 0.15) is 5.60 Å². The number of benzene rings is 1. The normalized spacial score (nSPS) is 10.0. The van der Waals surface area contributed by atoms with E-state index < -0.39 is 11.8 Å². The van der Waals surface area contributed by atoms with Crippen LogP contribution in [0, 0.1) is 0 Å². The monoisotopic (exact) mass is 252 g/mol. The van der Waals surface area contributed by atoms with Gasteiger partial charge >= 0.3 is 6.16 Å². The number of carbonyl (C=O) groups is 2. The summed E-state index contributed by atoms with van der Waals surface area (Å²) in [6, 6.07) is 9.34. The van der Waals surface area contributed by atoms with Gasteiger partial charge in [-0.15, -0.1) is 0 Å². The smallest absolute Gasteiger partial charge is 0.450 e. The summed E-state index contributed by atoms with van der Waals surface area (Å²) in [5.41, 5.74) is 0.233. The van der Waals surface area contributed by atoms with Gasteiger partial charge in [-0.1, -0.05) is 37.3 Å². The summed E-state index contributed by atoms with van der Waals surface area (Å²) in [6.07, 6.45) is -0.637. The molecule has 1 rings (SSSR count). The molecule has 100 valence electrons. The topological polar surface area (TPSA) is 63.6 Å². The fourth-order valence-electron chi connectivity index (χ4n) is 1.09. The van der Waals surface area contributed by atoms with E-state index in [1.807, 2.05) is 37.3 Å². The molecule has 0 bridgehead atoms. The molecule has 0 aliphatic heterocycles. The minimum absolute atomic E-state index is 0.209. The fraction of sp³-hybridized carbons (Fsp3) is 0.429. The Balaban J connectivity index is 0.000000331. The van der Waals surface area contributed by atoms with Crippen LogP contribution in [0.2, 0.25) is 0 Å². The van der Waals surface area contributed by atoms with Crippen molar-refractivity contribution in [3.05, 3.63) is 35.9 Å². The quantitative estimate of drug-likeness (QED) is 0.643. The van der Waals surface area contributed by atoms with Gasteiger partial charge in [-0.2, -0.15) is 0 Å². The lowest BCUT2D eigenvalue weighted by molar-refractivity contribution is 0.0150. The number of carbonyl (C=O) groups excluding carboxylic acids is 1. The Morgan fingerprint density at radius 2 is 1.67 bits per heavy atom. The predicted octanol–water partition coefficient (Wildman–Crippen LogP) is 3.76. The zero-order chi connectivity index (χ0) is 14.2. The van der Waals surface area contributed by atoms with Gasteiger partial charge < -0.3 is 9.84 Å². The van der Waals surface area contributed by atoms with E-state index in [2.05, 4.69) is 4.74 Å². The fourth-order valence-corrected chi connectivity index (χ4v) is 1.09. The van der Waals surface area contributed by atoms with Crippen LogP contribution < -0.4 is 0 Å². The maximum Gasteiger partial charge on any atom is 0.506 e. The molecule has 0 saturated carbocycles. The second kappa shape index (κ2) is 7.48. The molecule has 4 nitrogen and oxygen atoms in total. The molecule has 0 fully saturated rings. The van der Waals surface area contributed by atoms with E-state index >= 15 is 0 Å². The van der Waals surface area contributed by atoms with Crippen molar-refractivity contribution in [2.75, 3.05) is 0 Å². The highest BCUT2D eigenvalue weighted by atomic mass is 16.7. The highest BCUT2D eigenvalue weighted by Gasteiger charge is 2.13. The van der Waals surface area contributed by atoms with Crippen molar-refractivity contribution in [3.8, 4) is 0 Å². The minimum atomic E-state index is -1.22. The Labute approximate surface area is 108 Å². The molecule has 18 heavy (non-hydrogen) atoms. The van der Waals surface area contributed by atoms with Crippen LogP contribution >= 0.6 is 0 Å². The standard InChI is InChI=1S/C9H10O.C5H10O3/c1-2-9(10)8-6-4-3-5-7-8;1-5(2,3)8-4(6)7/h3-7H,2H2,1H3;1-3H3,(H,6,7). The van der Waals surface area contributed by atoms with E-state index in [0.717, 1.165) is 5.56 Å². The van der Waals surface area contributed by atoms with E-state index in [1.54, 1.807) is 20.8 Å². The van der Waals surface area contributed by atoms with Crippen LogP contribution in [0.5, 0.6) is 0 Å². The molecule has 0 aromatic heterocycles. The van der Waals surface area contributed by atoms with E-state index in [0.29, 0.717) is 6.42 Å². The average Bonchev–Trinajstić information content (AvgIpc) is 2.26. The molecular formula is C14H20O4. The maximum absolute atomic E-state index is 11.0. The van der Waals surface area contributed by atoms with E-state index in [9.17, 15) is 9.59 Å². The van der Waals surface area contributed by atoms with Crippen molar-refractivity contribution in [1.29, 1.82) is 0 Å². The lowest BCUT2D eigenvalue weighted by Gasteiger charge is -2.15. The van der Waals surface area contributed by atoms with E-state index in [1.165, 1.54) is 0 Å². The Morgan fingerprint density at radius 3 is 1.94 bits per heavy atom. The summed E-state index contributed by atoms with van der Waals surface area (Å²) in [4.78, 5) is 20.8. The largest absolute Gasteiger partial charge is 0.506 e. The minimum Gasteiger partial charge on any atom is -0.450 e. The van der Waals surface area contributed by atoms with Gasteiger partial charge in [0.05, 0.1) is 0 Å². The zero-order valence-electron chi connectivity index (χ0n) is 11.3. The molecule has 1 aromatic carbocycles. The number of Topliss-reactive ketones (excluding diaryl/α,β-unsaturated/α-hetero) is 1. The van der Waals surface area contributed by atoms with Crippen molar-refractivity contribution in [1.82, 2.24) is 0 Å². The Morgan fingerprint density at radius 1 is 1.17 bits per heavy atom. The van der Waals surface area contributed by atoms with Crippen LogP contribution in [0.1, 0.15) is 44.5 Å². The Bertz CT molecular complexity index is 377. The lowest BCUT2D eigenvalue weighted by Crippen LogP contribution is -2.22. The summed E-state index contributed by atoms with van der Waals surface area (Å²) in [5.74, 6) is 0.209. The summed E-state index contributed by atoms with van der Waals surface area (Å²) in [7, 11) is 0. The third-order valence-electron chi connectivity index (χ3n) is 1.81. The van der Waals surface area contributed by atoms with Crippen LogP contribution in [0.3, 0.4) is 0 Å². The highest BCUT2D eigenvalue weighted by Crippen LogP contribution is 2.05. The van der Waals surface area contributed by atoms with Crippen molar-refractivity contribution in [2.24, 2.45) is 0 Å². The summed E-state index contributed by atoms with van der Waals surface area (Å²) >= 11 is 0. The zero-order valence-corrected chi connectivity index (χ0v) is 11.3. The number of hydrogen-bond acceptors (Lipinski definition) is 3. The molecule has 0 aliphatic rings. The van der Waals surface area contributed by atoms with Crippen molar-refractivity contribution >= 4 is 11.9 Å². The first-order chi connectivity index (χ1) is 8.26. The van der Waals surface area contributed by atoms with Crippen LogP contribution in [0.4, 0.5) is 4.79 Å². The van der Waals surface area contributed by atoms with Gasteiger partial charge in [0.15, 0.2) is 5.78 Å². The molecule has 1 aromatic rings. The summed E-state index contributed by atoms with van der Waals surface area (Å²) < 4.78 is 4.35. The molecule has 0 unspecified atom stereocenters. The SMILES string of the molecule is CC(C)(C)OC(=O)O.CCC(=O)c1ccccc1. The predicted molar refractivity (Wildman–Crippen MR) is 69.9 cm³/mol. The Kier molecular flexibility index (Phi) is 6.71. The first-order valence-corrected chi connectivity index (χ1v) is 5.76. The molecule has 0 spiro atoms. The third-order valence-corrected chi connectivity index (χ3v) is 1.81. The van der Waals surface area contributed by atoms with Crippen molar-refractivity contribution < 1.29 is 19.4 Å². The average molecular weight is 252 g/mol. The van der Waals surface area contributed by atoms with E-state index in [-0.39, 0.29) is 5.78 Å². The van der Waals surface area contributed by atoms with E-state index in [4.69, 9.17) is 5.11 Å². The number of hydrogen-bond donors (Lipinski definition) is 1. The van der Waals surface area contributed by atoms with Crippen LogP contribution in [-0.4, -0.2) is 22.6 Å². The second-order valence-electron chi connectivity index (χ2n) is 4.62. The number of carboxylic acid groups (broad SMARTS) is 1. The van der Waals surface area contributed by atoms with Crippen molar-refractivity contribution in [2.45, 2.75) is 39.7 Å². The molecule has 0 aliphatic carbocycles. The summed E-state index contributed by atoms with van der Waals surface area (Å²) in [5, 5.41) is 8.03. The van der Waals surface area contributed by atoms with Crippen LogP contribution in [0.15, 0.2) is 30.3 Å². The molecule has 0 saturated heterocycles. The summed E-state index contributed by atoms with van der Waals surface area (Å²) in [6.45, 7) is 6.92. The van der Waals surface area contributed by atoms with Gasteiger partial charge in [-0.3, -0.25) is 4.79 Å². The molecule has 0 amide bonds.